The molecule has 0 radical (unpaired) electrons. The number of para-hydroxylation sites is 1. The minimum absolute atomic E-state index is 0.190. The highest BCUT2D eigenvalue weighted by Crippen LogP contribution is 2.23. The van der Waals surface area contributed by atoms with Crippen LogP contribution in [0.3, 0.4) is 0 Å². The van der Waals surface area contributed by atoms with E-state index in [0.717, 1.165) is 29.7 Å². The van der Waals surface area contributed by atoms with E-state index in [1.165, 1.54) is 6.92 Å². The predicted molar refractivity (Wildman–Crippen MR) is 88.5 cm³/mol. The first-order valence-electron chi connectivity index (χ1n) is 7.74. The normalized spacial score (nSPS) is 12.2. The molecule has 0 heterocycles. The summed E-state index contributed by atoms with van der Waals surface area (Å²) in [7, 11) is 0. The molecule has 0 saturated heterocycles. The molecule has 0 aliphatic carbocycles. The van der Waals surface area contributed by atoms with E-state index >= 15 is 0 Å². The van der Waals surface area contributed by atoms with Crippen LogP contribution in [0.5, 0.6) is 0 Å². The molecule has 0 fully saturated rings. The van der Waals surface area contributed by atoms with Crippen molar-refractivity contribution in [3.05, 3.63) is 41.5 Å². The molecule has 0 spiro atoms. The second kappa shape index (κ2) is 9.03. The topological polar surface area (TPSA) is 55.4 Å². The average molecular weight is 303 g/mol. The summed E-state index contributed by atoms with van der Waals surface area (Å²) < 4.78 is 0. The first kappa shape index (κ1) is 18.0. The number of Topliss-reactive ketones (excluding diaryl/α,β-unsaturated/α-hetero) is 1. The van der Waals surface area contributed by atoms with Gasteiger partial charge in [-0.05, 0) is 44.2 Å². The maximum absolute atomic E-state index is 12.1. The molecule has 0 saturated carbocycles. The van der Waals surface area contributed by atoms with Gasteiger partial charge >= 0.3 is 5.97 Å². The van der Waals surface area contributed by atoms with Gasteiger partial charge in [0.15, 0.2) is 0 Å². The van der Waals surface area contributed by atoms with Crippen LogP contribution in [-0.4, -0.2) is 11.8 Å². The lowest BCUT2D eigenvalue weighted by molar-refractivity contribution is -0.148. The van der Waals surface area contributed by atoms with E-state index in [2.05, 4.69) is 5.48 Å². The molecule has 22 heavy (non-hydrogen) atoms. The predicted octanol–water partition coefficient (Wildman–Crippen LogP) is 3.85. The van der Waals surface area contributed by atoms with Crippen LogP contribution in [0.2, 0.25) is 0 Å². The summed E-state index contributed by atoms with van der Waals surface area (Å²) >= 11 is 0. The van der Waals surface area contributed by atoms with Gasteiger partial charge in [0.25, 0.3) is 0 Å². The molecular formula is C18H25NO3. The van der Waals surface area contributed by atoms with Crippen LogP contribution in [0.1, 0.15) is 45.2 Å². The van der Waals surface area contributed by atoms with E-state index in [4.69, 9.17) is 4.84 Å². The first-order chi connectivity index (χ1) is 10.5. The van der Waals surface area contributed by atoms with Crippen molar-refractivity contribution in [1.82, 2.24) is 0 Å². The molecule has 0 aliphatic heterocycles. The number of allylic oxidation sites excluding steroid dienone is 2. The number of benzene rings is 1. The highest BCUT2D eigenvalue weighted by molar-refractivity contribution is 5.98. The van der Waals surface area contributed by atoms with Crippen LogP contribution in [0, 0.1) is 5.92 Å². The maximum atomic E-state index is 12.1. The smallest absolute Gasteiger partial charge is 0.342 e. The average Bonchev–Trinajstić information content (AvgIpc) is 2.52. The number of carbonyl (C=O) groups is 2. The summed E-state index contributed by atoms with van der Waals surface area (Å²) in [6, 6.07) is 5.99. The summed E-state index contributed by atoms with van der Waals surface area (Å²) in [6.07, 6.45) is 5.65. The van der Waals surface area contributed by atoms with Gasteiger partial charge in [-0.3, -0.25) is 4.79 Å². The van der Waals surface area contributed by atoms with Gasteiger partial charge in [0.1, 0.15) is 11.7 Å². The summed E-state index contributed by atoms with van der Waals surface area (Å²) in [5, 5.41) is 0. The third kappa shape index (κ3) is 4.72. The van der Waals surface area contributed by atoms with Crippen molar-refractivity contribution < 1.29 is 14.4 Å². The third-order valence-corrected chi connectivity index (χ3v) is 3.64. The number of rotatable bonds is 8. The van der Waals surface area contributed by atoms with Crippen LogP contribution >= 0.6 is 0 Å². The van der Waals surface area contributed by atoms with Gasteiger partial charge in [-0.1, -0.05) is 44.2 Å². The van der Waals surface area contributed by atoms with E-state index in [9.17, 15) is 9.59 Å². The van der Waals surface area contributed by atoms with Gasteiger partial charge in [-0.15, -0.1) is 0 Å². The molecule has 0 bridgehead atoms. The summed E-state index contributed by atoms with van der Waals surface area (Å²) in [4.78, 5) is 28.9. The van der Waals surface area contributed by atoms with E-state index in [-0.39, 0.29) is 5.78 Å². The van der Waals surface area contributed by atoms with Crippen LogP contribution in [0.4, 0.5) is 5.69 Å². The second-order valence-corrected chi connectivity index (χ2v) is 5.15. The highest BCUT2D eigenvalue weighted by atomic mass is 16.7. The Hall–Kier alpha value is -2.10. The van der Waals surface area contributed by atoms with E-state index < -0.39 is 11.9 Å². The Bertz CT molecular complexity index is 527. The minimum atomic E-state index is -0.762. The molecule has 1 N–H and O–H groups in total. The fraction of sp³-hybridized carbons (Fsp3) is 0.444. The van der Waals surface area contributed by atoms with E-state index in [1.54, 1.807) is 6.08 Å². The quantitative estimate of drug-likeness (QED) is 0.450. The number of ketones is 1. The van der Waals surface area contributed by atoms with Gasteiger partial charge in [-0.2, -0.15) is 0 Å². The van der Waals surface area contributed by atoms with Crippen molar-refractivity contribution >= 4 is 17.4 Å². The fourth-order valence-electron chi connectivity index (χ4n) is 2.25. The van der Waals surface area contributed by atoms with Crippen LogP contribution in [0.25, 0.3) is 0 Å². The lowest BCUT2D eigenvalue weighted by Gasteiger charge is -2.16. The number of hydrogen-bond acceptors (Lipinski definition) is 4. The van der Waals surface area contributed by atoms with Crippen molar-refractivity contribution in [1.29, 1.82) is 0 Å². The summed E-state index contributed by atoms with van der Waals surface area (Å²) in [6.45, 7) is 7.36. The van der Waals surface area contributed by atoms with E-state index in [1.807, 2.05) is 45.0 Å². The van der Waals surface area contributed by atoms with Crippen LogP contribution in [0.15, 0.2) is 30.4 Å². The molecule has 4 nitrogen and oxygen atoms in total. The minimum Gasteiger partial charge on any atom is -0.343 e. The zero-order valence-corrected chi connectivity index (χ0v) is 13.8. The first-order valence-corrected chi connectivity index (χ1v) is 7.74. The van der Waals surface area contributed by atoms with Gasteiger partial charge in [0.2, 0.25) is 0 Å². The second-order valence-electron chi connectivity index (χ2n) is 5.15. The zero-order chi connectivity index (χ0) is 16.5. The van der Waals surface area contributed by atoms with Gasteiger partial charge in [0, 0.05) is 0 Å². The standard InChI is InChI=1S/C18H25NO3/c1-5-8-12-16(13(4)20)18(21)22-19-17-14(6-2)10-9-11-15(17)7-3/h5,8-11,16,19H,6-7,12H2,1-4H3. The molecule has 1 atom stereocenters. The van der Waals surface area contributed by atoms with Crippen molar-refractivity contribution in [2.45, 2.75) is 47.0 Å². The molecule has 1 aromatic rings. The molecule has 1 unspecified atom stereocenters. The Morgan fingerprint density at radius 1 is 1.23 bits per heavy atom. The lowest BCUT2D eigenvalue weighted by atomic mass is 10.0. The maximum Gasteiger partial charge on any atom is 0.342 e. The molecule has 0 aromatic heterocycles. The SMILES string of the molecule is CC=CCC(C(C)=O)C(=O)ONc1c(CC)cccc1CC. The number of hydrogen-bond donors (Lipinski definition) is 1. The fourth-order valence-corrected chi connectivity index (χ4v) is 2.25. The Kier molecular flexibility index (Phi) is 7.37. The van der Waals surface area contributed by atoms with Crippen LogP contribution < -0.4 is 5.48 Å². The third-order valence-electron chi connectivity index (χ3n) is 3.64. The van der Waals surface area contributed by atoms with Crippen molar-refractivity contribution in [3.63, 3.8) is 0 Å². The molecule has 0 aliphatic rings. The Morgan fingerprint density at radius 3 is 2.27 bits per heavy atom. The number of aryl methyl sites for hydroxylation is 2. The Balaban J connectivity index is 2.84. The monoisotopic (exact) mass is 303 g/mol. The van der Waals surface area contributed by atoms with Gasteiger partial charge in [-0.25, -0.2) is 10.3 Å². The summed E-state index contributed by atoms with van der Waals surface area (Å²) in [5.74, 6) is -1.49. The summed E-state index contributed by atoms with van der Waals surface area (Å²) in [5.41, 5.74) is 5.76. The Morgan fingerprint density at radius 2 is 1.82 bits per heavy atom. The lowest BCUT2D eigenvalue weighted by Crippen LogP contribution is -2.26. The molecule has 1 rings (SSSR count). The van der Waals surface area contributed by atoms with E-state index in [0.29, 0.717) is 6.42 Å². The van der Waals surface area contributed by atoms with Crippen molar-refractivity contribution in [2.75, 3.05) is 5.48 Å². The molecule has 1 aromatic carbocycles. The molecule has 120 valence electrons. The Labute approximate surface area is 132 Å². The molecule has 4 heteroatoms. The number of carbonyl (C=O) groups excluding carboxylic acids is 2. The van der Waals surface area contributed by atoms with Crippen LogP contribution in [-0.2, 0) is 27.3 Å². The number of nitrogens with one attached hydrogen (secondary N) is 1. The van der Waals surface area contributed by atoms with Gasteiger partial charge in [0.05, 0.1) is 5.69 Å². The van der Waals surface area contributed by atoms with Gasteiger partial charge < -0.3 is 4.84 Å². The van der Waals surface area contributed by atoms with Crippen molar-refractivity contribution in [3.8, 4) is 0 Å². The highest BCUT2D eigenvalue weighted by Gasteiger charge is 2.24. The van der Waals surface area contributed by atoms with Crippen molar-refractivity contribution in [2.24, 2.45) is 5.92 Å². The largest absolute Gasteiger partial charge is 0.343 e. The number of anilines is 1. The molecular weight excluding hydrogens is 278 g/mol. The molecule has 0 amide bonds. The zero-order valence-electron chi connectivity index (χ0n) is 13.8.